The number of hydrogen-bond donors (Lipinski definition) is 2. The molecule has 2 N–H and O–H groups in total. The van der Waals surface area contributed by atoms with Crippen molar-refractivity contribution in [1.82, 2.24) is 15.2 Å². The summed E-state index contributed by atoms with van der Waals surface area (Å²) < 4.78 is 13.6. The normalized spacial score (nSPS) is 14.8. The Labute approximate surface area is 127 Å². The van der Waals surface area contributed by atoms with Gasteiger partial charge in [-0.25, -0.2) is 4.39 Å². The highest BCUT2D eigenvalue weighted by atomic mass is 19.1. The zero-order valence-corrected chi connectivity index (χ0v) is 12.2. The number of rotatable bonds is 5. The summed E-state index contributed by atoms with van der Waals surface area (Å²) in [6, 6.07) is 6.21. The van der Waals surface area contributed by atoms with Crippen molar-refractivity contribution in [2.24, 2.45) is 0 Å². The van der Waals surface area contributed by atoms with Gasteiger partial charge in [0.15, 0.2) is 0 Å². The van der Waals surface area contributed by atoms with Crippen LogP contribution in [0.2, 0.25) is 0 Å². The van der Waals surface area contributed by atoms with Gasteiger partial charge in [0, 0.05) is 37.0 Å². The van der Waals surface area contributed by atoms with Crippen molar-refractivity contribution >= 4 is 22.7 Å². The second-order valence-electron chi connectivity index (χ2n) is 5.48. The van der Waals surface area contributed by atoms with Gasteiger partial charge in [0.25, 0.3) is 5.91 Å². The number of carbonyl (C=O) groups excluding carboxylic acids is 2. The van der Waals surface area contributed by atoms with Crippen molar-refractivity contribution < 1.29 is 14.0 Å². The number of halogens is 1. The van der Waals surface area contributed by atoms with Crippen LogP contribution in [0.3, 0.4) is 0 Å². The van der Waals surface area contributed by atoms with Crippen LogP contribution in [0.4, 0.5) is 4.39 Å². The number of H-pyrrole nitrogens is 1. The molecule has 0 bridgehead atoms. The Hall–Kier alpha value is -2.37. The second-order valence-corrected chi connectivity index (χ2v) is 5.48. The summed E-state index contributed by atoms with van der Waals surface area (Å²) in [4.78, 5) is 28.2. The topological polar surface area (TPSA) is 65.2 Å². The molecule has 2 heterocycles. The zero-order chi connectivity index (χ0) is 15.5. The quantitative estimate of drug-likeness (QED) is 0.830. The molecule has 0 unspecified atom stereocenters. The Kier molecular flexibility index (Phi) is 4.09. The molecule has 0 aliphatic carbocycles. The predicted molar refractivity (Wildman–Crippen MR) is 81.0 cm³/mol. The van der Waals surface area contributed by atoms with E-state index in [0.29, 0.717) is 42.5 Å². The van der Waals surface area contributed by atoms with Crippen molar-refractivity contribution in [1.29, 1.82) is 0 Å². The molecule has 0 radical (unpaired) electrons. The maximum Gasteiger partial charge on any atom is 0.267 e. The highest BCUT2D eigenvalue weighted by molar-refractivity contribution is 5.98. The zero-order valence-electron chi connectivity index (χ0n) is 12.2. The maximum atomic E-state index is 13.6. The number of aromatic amines is 1. The van der Waals surface area contributed by atoms with Crippen LogP contribution in [-0.2, 0) is 4.79 Å². The number of fused-ring (bicyclic) bond motifs is 1. The lowest BCUT2D eigenvalue weighted by molar-refractivity contribution is -0.127. The molecule has 1 fully saturated rings. The minimum absolute atomic E-state index is 0.192. The molecule has 22 heavy (non-hydrogen) atoms. The van der Waals surface area contributed by atoms with Crippen LogP contribution >= 0.6 is 0 Å². The van der Waals surface area contributed by atoms with Crippen LogP contribution in [0, 0.1) is 5.82 Å². The number of likely N-dealkylation sites (tertiary alicyclic amines) is 1. The Morgan fingerprint density at radius 2 is 2.27 bits per heavy atom. The number of nitrogens with one attached hydrogen (secondary N) is 2. The monoisotopic (exact) mass is 303 g/mol. The summed E-state index contributed by atoms with van der Waals surface area (Å²) in [7, 11) is 0. The number of hydrogen-bond acceptors (Lipinski definition) is 2. The van der Waals surface area contributed by atoms with Crippen molar-refractivity contribution in [3.63, 3.8) is 0 Å². The fourth-order valence-corrected chi connectivity index (χ4v) is 2.75. The third-order valence-electron chi connectivity index (χ3n) is 3.92. The van der Waals surface area contributed by atoms with E-state index in [-0.39, 0.29) is 17.6 Å². The van der Waals surface area contributed by atoms with Gasteiger partial charge in [-0.1, -0.05) is 6.07 Å². The molecule has 2 aromatic rings. The number of aromatic nitrogens is 1. The average molecular weight is 303 g/mol. The highest BCUT2D eigenvalue weighted by Gasteiger charge is 2.19. The molecule has 0 atom stereocenters. The molecule has 3 rings (SSSR count). The third-order valence-corrected chi connectivity index (χ3v) is 3.92. The summed E-state index contributed by atoms with van der Waals surface area (Å²) in [5.41, 5.74) is 0.949. The molecular weight excluding hydrogens is 285 g/mol. The van der Waals surface area contributed by atoms with Gasteiger partial charge < -0.3 is 15.2 Å². The van der Waals surface area contributed by atoms with E-state index in [1.165, 1.54) is 12.1 Å². The van der Waals surface area contributed by atoms with Crippen LogP contribution in [-0.4, -0.2) is 41.3 Å². The first kappa shape index (κ1) is 14.6. The molecule has 0 spiro atoms. The molecule has 6 heteroatoms. The maximum absolute atomic E-state index is 13.6. The molecule has 1 aromatic heterocycles. The SMILES string of the molecule is O=C(NCCCN1CCCC1=O)c1cc2c(F)cccc2[nH]1. The van der Waals surface area contributed by atoms with Crippen LogP contribution in [0.1, 0.15) is 29.8 Å². The Balaban J connectivity index is 1.52. The van der Waals surface area contributed by atoms with E-state index in [4.69, 9.17) is 0 Å². The minimum Gasteiger partial charge on any atom is -0.351 e. The Morgan fingerprint density at radius 3 is 3.00 bits per heavy atom. The second kappa shape index (κ2) is 6.17. The summed E-state index contributed by atoms with van der Waals surface area (Å²) in [5.74, 6) is -0.416. The molecule has 2 amide bonds. The van der Waals surface area contributed by atoms with E-state index in [0.717, 1.165) is 13.0 Å². The van der Waals surface area contributed by atoms with Crippen molar-refractivity contribution in [2.45, 2.75) is 19.3 Å². The summed E-state index contributed by atoms with van der Waals surface area (Å²) in [5, 5.41) is 3.20. The van der Waals surface area contributed by atoms with Crippen molar-refractivity contribution in [3.05, 3.63) is 35.8 Å². The van der Waals surface area contributed by atoms with Gasteiger partial charge in [-0.05, 0) is 31.0 Å². The van der Waals surface area contributed by atoms with Crippen LogP contribution in [0.25, 0.3) is 10.9 Å². The molecule has 1 saturated heterocycles. The highest BCUT2D eigenvalue weighted by Crippen LogP contribution is 2.18. The summed E-state index contributed by atoms with van der Waals surface area (Å²) >= 11 is 0. The lowest BCUT2D eigenvalue weighted by Crippen LogP contribution is -2.30. The molecule has 1 aromatic carbocycles. The number of carbonyl (C=O) groups is 2. The summed E-state index contributed by atoms with van der Waals surface area (Å²) in [6.45, 7) is 1.97. The first-order valence-corrected chi connectivity index (χ1v) is 7.48. The number of amides is 2. The van der Waals surface area contributed by atoms with E-state index >= 15 is 0 Å². The van der Waals surface area contributed by atoms with Crippen molar-refractivity contribution in [3.8, 4) is 0 Å². The van der Waals surface area contributed by atoms with E-state index in [1.807, 2.05) is 4.90 Å². The molecule has 0 saturated carbocycles. The van der Waals surface area contributed by atoms with Gasteiger partial charge in [-0.15, -0.1) is 0 Å². The van der Waals surface area contributed by atoms with Gasteiger partial charge >= 0.3 is 0 Å². The van der Waals surface area contributed by atoms with Gasteiger partial charge in [-0.3, -0.25) is 9.59 Å². The standard InChI is InChI=1S/C16H18FN3O2/c17-12-4-1-5-13-11(12)10-14(19-13)16(22)18-7-3-9-20-8-2-6-15(20)21/h1,4-5,10,19H,2-3,6-9H2,(H,18,22). The van der Waals surface area contributed by atoms with E-state index in [2.05, 4.69) is 10.3 Å². The number of nitrogens with zero attached hydrogens (tertiary/aromatic N) is 1. The largest absolute Gasteiger partial charge is 0.351 e. The van der Waals surface area contributed by atoms with Crippen molar-refractivity contribution in [2.75, 3.05) is 19.6 Å². The van der Waals surface area contributed by atoms with E-state index < -0.39 is 0 Å². The minimum atomic E-state index is -0.347. The Morgan fingerprint density at radius 1 is 1.41 bits per heavy atom. The third kappa shape index (κ3) is 2.95. The summed E-state index contributed by atoms with van der Waals surface area (Å²) in [6.07, 6.45) is 2.27. The smallest absolute Gasteiger partial charge is 0.267 e. The first-order valence-electron chi connectivity index (χ1n) is 7.48. The molecule has 1 aliphatic rings. The molecule has 116 valence electrons. The van der Waals surface area contributed by atoms with Gasteiger partial charge in [-0.2, -0.15) is 0 Å². The first-order chi connectivity index (χ1) is 10.6. The molecular formula is C16H18FN3O2. The fourth-order valence-electron chi connectivity index (χ4n) is 2.75. The predicted octanol–water partition coefficient (Wildman–Crippen LogP) is 2.05. The van der Waals surface area contributed by atoms with E-state index in [1.54, 1.807) is 12.1 Å². The van der Waals surface area contributed by atoms with Crippen LogP contribution in [0.5, 0.6) is 0 Å². The number of benzene rings is 1. The van der Waals surface area contributed by atoms with Crippen LogP contribution in [0.15, 0.2) is 24.3 Å². The molecule has 1 aliphatic heterocycles. The van der Waals surface area contributed by atoms with Gasteiger partial charge in [0.05, 0.1) is 0 Å². The van der Waals surface area contributed by atoms with Crippen LogP contribution < -0.4 is 5.32 Å². The fraction of sp³-hybridized carbons (Fsp3) is 0.375. The Bertz CT molecular complexity index is 710. The van der Waals surface area contributed by atoms with Gasteiger partial charge in [0.1, 0.15) is 11.5 Å². The molecule has 5 nitrogen and oxygen atoms in total. The lowest BCUT2D eigenvalue weighted by Gasteiger charge is -2.15. The average Bonchev–Trinajstić information content (AvgIpc) is 3.11. The van der Waals surface area contributed by atoms with Gasteiger partial charge in [0.2, 0.25) is 5.91 Å². The van der Waals surface area contributed by atoms with E-state index in [9.17, 15) is 14.0 Å². The lowest BCUT2D eigenvalue weighted by atomic mass is 10.2.